The first kappa shape index (κ1) is 9.98. The van der Waals surface area contributed by atoms with Gasteiger partial charge in [0.15, 0.2) is 0 Å². The molecule has 0 aromatic carbocycles. The molecule has 0 aromatic rings. The maximum atomic E-state index is 11.5. The number of carbonyl (C=O) groups is 2. The van der Waals surface area contributed by atoms with E-state index in [2.05, 4.69) is 0 Å². The number of likely N-dealkylation sites (tertiary alicyclic amines) is 1. The van der Waals surface area contributed by atoms with Gasteiger partial charge in [0, 0.05) is 6.54 Å². The predicted octanol–water partition coefficient (Wildman–Crippen LogP) is -1.19. The highest BCUT2D eigenvalue weighted by molar-refractivity contribution is 5.89. The van der Waals surface area contributed by atoms with Gasteiger partial charge in [0.25, 0.3) is 0 Å². The van der Waals surface area contributed by atoms with Gasteiger partial charge in [-0.2, -0.15) is 0 Å². The van der Waals surface area contributed by atoms with Crippen molar-refractivity contribution < 1.29 is 9.59 Å². The maximum absolute atomic E-state index is 11.5. The molecule has 1 aliphatic heterocycles. The minimum Gasteiger partial charge on any atom is -0.368 e. The highest BCUT2D eigenvalue weighted by atomic mass is 16.2. The monoisotopic (exact) mass is 185 g/mol. The molecule has 0 spiro atoms. The number of amides is 2. The van der Waals surface area contributed by atoms with Crippen molar-refractivity contribution in [3.05, 3.63) is 0 Å². The van der Waals surface area contributed by atoms with Crippen molar-refractivity contribution in [2.75, 3.05) is 6.54 Å². The molecule has 2 atom stereocenters. The Balaban J connectivity index is 2.68. The summed E-state index contributed by atoms with van der Waals surface area (Å²) in [4.78, 5) is 23.8. The standard InChI is InChI=1S/C8H15N3O2/c1-5(7(10)12)11-4-2-3-6(9)8(11)13/h5-6H,2-4,9H2,1H3,(H2,10,12)/t5-,6+/m0/s1. The number of piperidine rings is 1. The van der Waals surface area contributed by atoms with Gasteiger partial charge in [-0.25, -0.2) is 0 Å². The quantitative estimate of drug-likeness (QED) is 0.567. The fraction of sp³-hybridized carbons (Fsp3) is 0.750. The molecule has 2 amide bonds. The number of carbonyl (C=O) groups excluding carboxylic acids is 2. The average molecular weight is 185 g/mol. The fourth-order valence-corrected chi connectivity index (χ4v) is 1.47. The van der Waals surface area contributed by atoms with Gasteiger partial charge in [-0.05, 0) is 19.8 Å². The Labute approximate surface area is 77.1 Å². The highest BCUT2D eigenvalue weighted by Crippen LogP contribution is 2.12. The third-order valence-corrected chi connectivity index (χ3v) is 2.39. The second-order valence-corrected chi connectivity index (χ2v) is 3.36. The van der Waals surface area contributed by atoms with E-state index in [9.17, 15) is 9.59 Å². The van der Waals surface area contributed by atoms with E-state index in [4.69, 9.17) is 11.5 Å². The predicted molar refractivity (Wildman–Crippen MR) is 47.6 cm³/mol. The molecule has 13 heavy (non-hydrogen) atoms. The van der Waals surface area contributed by atoms with Crippen LogP contribution in [0.2, 0.25) is 0 Å². The van der Waals surface area contributed by atoms with E-state index in [0.29, 0.717) is 13.0 Å². The lowest BCUT2D eigenvalue weighted by atomic mass is 10.0. The zero-order valence-electron chi connectivity index (χ0n) is 7.69. The lowest BCUT2D eigenvalue weighted by Crippen LogP contribution is -2.55. The summed E-state index contributed by atoms with van der Waals surface area (Å²) in [6.45, 7) is 2.20. The van der Waals surface area contributed by atoms with Gasteiger partial charge in [0.1, 0.15) is 6.04 Å². The molecule has 0 aliphatic carbocycles. The van der Waals surface area contributed by atoms with Crippen LogP contribution >= 0.6 is 0 Å². The molecule has 74 valence electrons. The summed E-state index contributed by atoms with van der Waals surface area (Å²) in [6.07, 6.45) is 1.53. The second kappa shape index (κ2) is 3.74. The molecule has 0 radical (unpaired) electrons. The minimum absolute atomic E-state index is 0.169. The van der Waals surface area contributed by atoms with Crippen LogP contribution < -0.4 is 11.5 Å². The maximum Gasteiger partial charge on any atom is 0.240 e. The van der Waals surface area contributed by atoms with Gasteiger partial charge >= 0.3 is 0 Å². The summed E-state index contributed by atoms with van der Waals surface area (Å²) < 4.78 is 0. The van der Waals surface area contributed by atoms with Crippen molar-refractivity contribution in [2.24, 2.45) is 11.5 Å². The van der Waals surface area contributed by atoms with Crippen molar-refractivity contribution in [3.8, 4) is 0 Å². The van der Waals surface area contributed by atoms with Gasteiger partial charge in [-0.3, -0.25) is 9.59 Å². The summed E-state index contributed by atoms with van der Waals surface area (Å²) in [5, 5.41) is 0. The molecule has 5 heteroatoms. The zero-order valence-corrected chi connectivity index (χ0v) is 7.69. The van der Waals surface area contributed by atoms with Crippen LogP contribution in [-0.4, -0.2) is 35.3 Å². The molecule has 1 aliphatic rings. The number of primary amides is 1. The van der Waals surface area contributed by atoms with E-state index in [1.807, 2.05) is 0 Å². The van der Waals surface area contributed by atoms with Crippen molar-refractivity contribution in [1.82, 2.24) is 4.90 Å². The van der Waals surface area contributed by atoms with E-state index < -0.39 is 18.0 Å². The highest BCUT2D eigenvalue weighted by Gasteiger charge is 2.30. The van der Waals surface area contributed by atoms with Gasteiger partial charge < -0.3 is 16.4 Å². The normalized spacial score (nSPS) is 25.8. The SMILES string of the molecule is C[C@@H](C(N)=O)N1CCC[C@@H](N)C1=O. The van der Waals surface area contributed by atoms with Gasteiger partial charge in [-0.1, -0.05) is 0 Å². The number of nitrogens with zero attached hydrogens (tertiary/aromatic N) is 1. The molecule has 5 nitrogen and oxygen atoms in total. The van der Waals surface area contributed by atoms with Crippen LogP contribution in [-0.2, 0) is 9.59 Å². The number of nitrogens with two attached hydrogens (primary N) is 2. The molecule has 1 fully saturated rings. The van der Waals surface area contributed by atoms with Crippen LogP contribution in [0.3, 0.4) is 0 Å². The Bertz CT molecular complexity index is 229. The van der Waals surface area contributed by atoms with Gasteiger partial charge in [-0.15, -0.1) is 0 Å². The van der Waals surface area contributed by atoms with Gasteiger partial charge in [0.05, 0.1) is 6.04 Å². The second-order valence-electron chi connectivity index (χ2n) is 3.36. The van der Waals surface area contributed by atoms with E-state index in [-0.39, 0.29) is 5.91 Å². The Morgan fingerprint density at radius 3 is 2.85 bits per heavy atom. The topological polar surface area (TPSA) is 89.4 Å². The van der Waals surface area contributed by atoms with Gasteiger partial charge in [0.2, 0.25) is 11.8 Å². The first-order valence-corrected chi connectivity index (χ1v) is 4.39. The van der Waals surface area contributed by atoms with Crippen molar-refractivity contribution >= 4 is 11.8 Å². The van der Waals surface area contributed by atoms with Crippen molar-refractivity contribution in [2.45, 2.75) is 31.8 Å². The molecule has 1 heterocycles. The van der Waals surface area contributed by atoms with Crippen molar-refractivity contribution in [3.63, 3.8) is 0 Å². The summed E-state index contributed by atoms with van der Waals surface area (Å²) in [5.74, 6) is -0.653. The largest absolute Gasteiger partial charge is 0.368 e. The van der Waals surface area contributed by atoms with Crippen LogP contribution in [0.5, 0.6) is 0 Å². The van der Waals surface area contributed by atoms with E-state index in [1.54, 1.807) is 6.92 Å². The number of rotatable bonds is 2. The van der Waals surface area contributed by atoms with Crippen LogP contribution in [0, 0.1) is 0 Å². The Kier molecular flexibility index (Phi) is 2.87. The van der Waals surface area contributed by atoms with Crippen LogP contribution in [0.15, 0.2) is 0 Å². The third kappa shape index (κ3) is 1.98. The molecule has 4 N–H and O–H groups in total. The average Bonchev–Trinajstić information content (AvgIpc) is 2.08. The van der Waals surface area contributed by atoms with E-state index in [0.717, 1.165) is 6.42 Å². The first-order chi connectivity index (χ1) is 6.04. The Morgan fingerprint density at radius 1 is 1.69 bits per heavy atom. The summed E-state index contributed by atoms with van der Waals surface area (Å²) in [6, 6.07) is -1.01. The Morgan fingerprint density at radius 2 is 2.31 bits per heavy atom. The van der Waals surface area contributed by atoms with Crippen LogP contribution in [0.4, 0.5) is 0 Å². The molecule has 0 aromatic heterocycles. The number of hydrogen-bond acceptors (Lipinski definition) is 3. The first-order valence-electron chi connectivity index (χ1n) is 4.39. The lowest BCUT2D eigenvalue weighted by molar-refractivity contribution is -0.141. The number of hydrogen-bond donors (Lipinski definition) is 2. The van der Waals surface area contributed by atoms with E-state index in [1.165, 1.54) is 4.90 Å². The molecule has 0 unspecified atom stereocenters. The van der Waals surface area contributed by atoms with Crippen LogP contribution in [0.1, 0.15) is 19.8 Å². The third-order valence-electron chi connectivity index (χ3n) is 2.39. The summed E-state index contributed by atoms with van der Waals surface area (Å²) in [7, 11) is 0. The molecular formula is C8H15N3O2. The molecule has 1 rings (SSSR count). The molecular weight excluding hydrogens is 170 g/mol. The Hall–Kier alpha value is -1.10. The summed E-state index contributed by atoms with van der Waals surface area (Å²) >= 11 is 0. The molecule has 0 saturated carbocycles. The zero-order chi connectivity index (χ0) is 10.0. The fourth-order valence-electron chi connectivity index (χ4n) is 1.47. The molecule has 0 bridgehead atoms. The molecule has 1 saturated heterocycles. The smallest absolute Gasteiger partial charge is 0.240 e. The summed E-state index contributed by atoms with van der Waals surface area (Å²) in [5.41, 5.74) is 10.7. The van der Waals surface area contributed by atoms with E-state index >= 15 is 0 Å². The minimum atomic E-state index is -0.543. The van der Waals surface area contributed by atoms with Crippen LogP contribution in [0.25, 0.3) is 0 Å². The van der Waals surface area contributed by atoms with Crippen molar-refractivity contribution in [1.29, 1.82) is 0 Å². The lowest BCUT2D eigenvalue weighted by Gasteiger charge is -2.33.